The molecule has 104 valence electrons. The fraction of sp³-hybridized carbons (Fsp3) is 0.167. The van der Waals surface area contributed by atoms with Gasteiger partial charge in [0.2, 0.25) is 5.91 Å². The second-order valence-corrected chi connectivity index (χ2v) is 5.43. The highest BCUT2D eigenvalue weighted by Gasteiger charge is 2.25. The van der Waals surface area contributed by atoms with Crippen LogP contribution >= 0.6 is 0 Å². The zero-order valence-corrected chi connectivity index (χ0v) is 11.5. The third-order valence-electron chi connectivity index (χ3n) is 4.14. The molecule has 0 saturated heterocycles. The molecule has 3 heteroatoms. The smallest absolute Gasteiger partial charge is 0.231 e. The van der Waals surface area contributed by atoms with E-state index >= 15 is 0 Å². The van der Waals surface area contributed by atoms with Gasteiger partial charge < -0.3 is 0 Å². The summed E-state index contributed by atoms with van der Waals surface area (Å²) in [6.07, 6.45) is 2.27. The van der Waals surface area contributed by atoms with Crippen LogP contribution in [-0.4, -0.2) is 10.5 Å². The van der Waals surface area contributed by atoms with E-state index < -0.39 is 0 Å². The first-order valence-electron chi connectivity index (χ1n) is 7.17. The maximum Gasteiger partial charge on any atom is 0.231 e. The van der Waals surface area contributed by atoms with Crippen LogP contribution in [0, 0.1) is 5.82 Å². The average Bonchev–Trinajstić information content (AvgIpc) is 2.82. The van der Waals surface area contributed by atoms with Crippen molar-refractivity contribution in [3.8, 4) is 11.1 Å². The predicted octanol–water partition coefficient (Wildman–Crippen LogP) is 4.42. The second-order valence-electron chi connectivity index (χ2n) is 5.43. The molecule has 1 aliphatic heterocycles. The van der Waals surface area contributed by atoms with Crippen LogP contribution in [0.25, 0.3) is 22.0 Å². The third kappa shape index (κ3) is 1.81. The van der Waals surface area contributed by atoms with Gasteiger partial charge in [-0.15, -0.1) is 0 Å². The summed E-state index contributed by atoms with van der Waals surface area (Å²) in [5.41, 5.74) is 3.86. The summed E-state index contributed by atoms with van der Waals surface area (Å²) in [5, 5.41) is 0.825. The van der Waals surface area contributed by atoms with Crippen molar-refractivity contribution in [1.82, 2.24) is 4.57 Å². The summed E-state index contributed by atoms with van der Waals surface area (Å²) in [6.45, 7) is 0. The Labute approximate surface area is 121 Å². The van der Waals surface area contributed by atoms with Gasteiger partial charge in [0.15, 0.2) is 0 Å². The molecule has 0 unspecified atom stereocenters. The average molecular weight is 279 g/mol. The SMILES string of the molecule is O=C1CCCc2c(-c3ccccc3)c3cc(F)ccc3n21. The second kappa shape index (κ2) is 4.55. The molecule has 2 heterocycles. The van der Waals surface area contributed by atoms with Crippen LogP contribution < -0.4 is 0 Å². The van der Waals surface area contributed by atoms with Crippen molar-refractivity contribution in [3.05, 3.63) is 60.0 Å². The summed E-state index contributed by atoms with van der Waals surface area (Å²) in [6, 6.07) is 14.6. The van der Waals surface area contributed by atoms with Crippen LogP contribution in [0.2, 0.25) is 0 Å². The first-order chi connectivity index (χ1) is 10.3. The number of rotatable bonds is 1. The summed E-state index contributed by atoms with van der Waals surface area (Å²) >= 11 is 0. The molecule has 0 spiro atoms. The fourth-order valence-corrected chi connectivity index (χ4v) is 3.28. The molecule has 0 radical (unpaired) electrons. The van der Waals surface area contributed by atoms with E-state index in [0.717, 1.165) is 40.6 Å². The van der Waals surface area contributed by atoms with Gasteiger partial charge >= 0.3 is 0 Å². The minimum absolute atomic E-state index is 0.107. The molecule has 0 amide bonds. The van der Waals surface area contributed by atoms with Gasteiger partial charge in [-0.25, -0.2) is 4.39 Å². The molecule has 0 aliphatic carbocycles. The summed E-state index contributed by atoms with van der Waals surface area (Å²) in [4.78, 5) is 12.3. The Bertz CT molecular complexity index is 849. The zero-order valence-electron chi connectivity index (χ0n) is 11.5. The van der Waals surface area contributed by atoms with Gasteiger partial charge in [-0.05, 0) is 36.6 Å². The minimum atomic E-state index is -0.268. The van der Waals surface area contributed by atoms with Gasteiger partial charge in [-0.3, -0.25) is 9.36 Å². The topological polar surface area (TPSA) is 22.0 Å². The molecule has 0 fully saturated rings. The molecule has 0 bridgehead atoms. The lowest BCUT2D eigenvalue weighted by Gasteiger charge is -2.16. The number of hydrogen-bond acceptors (Lipinski definition) is 1. The van der Waals surface area contributed by atoms with Crippen molar-refractivity contribution >= 4 is 16.8 Å². The van der Waals surface area contributed by atoms with Crippen LogP contribution in [0.15, 0.2) is 48.5 Å². The van der Waals surface area contributed by atoms with E-state index in [1.54, 1.807) is 10.6 Å². The van der Waals surface area contributed by atoms with Crippen LogP contribution in [-0.2, 0) is 6.42 Å². The van der Waals surface area contributed by atoms with E-state index in [9.17, 15) is 9.18 Å². The van der Waals surface area contributed by atoms with Crippen LogP contribution in [0.1, 0.15) is 23.3 Å². The predicted molar refractivity (Wildman–Crippen MR) is 80.9 cm³/mol. The maximum atomic E-state index is 13.7. The van der Waals surface area contributed by atoms with E-state index in [0.29, 0.717) is 6.42 Å². The highest BCUT2D eigenvalue weighted by molar-refractivity contribution is 6.04. The molecule has 1 aromatic heterocycles. The maximum absolute atomic E-state index is 13.7. The number of nitrogens with zero attached hydrogens (tertiary/aromatic N) is 1. The van der Waals surface area contributed by atoms with Crippen molar-refractivity contribution in [2.24, 2.45) is 0 Å². The van der Waals surface area contributed by atoms with Crippen molar-refractivity contribution in [3.63, 3.8) is 0 Å². The quantitative estimate of drug-likeness (QED) is 0.646. The molecule has 3 aromatic rings. The van der Waals surface area contributed by atoms with Gasteiger partial charge in [-0.1, -0.05) is 30.3 Å². The van der Waals surface area contributed by atoms with E-state index in [2.05, 4.69) is 0 Å². The highest BCUT2D eigenvalue weighted by atomic mass is 19.1. The van der Waals surface area contributed by atoms with Gasteiger partial charge in [-0.2, -0.15) is 0 Å². The molecule has 0 saturated carbocycles. The molecule has 0 N–H and O–H groups in total. The Morgan fingerprint density at radius 3 is 2.62 bits per heavy atom. The number of hydrogen-bond donors (Lipinski definition) is 0. The molecular weight excluding hydrogens is 265 g/mol. The lowest BCUT2D eigenvalue weighted by molar-refractivity contribution is 0.0890. The van der Waals surface area contributed by atoms with E-state index in [4.69, 9.17) is 0 Å². The van der Waals surface area contributed by atoms with Crippen molar-refractivity contribution < 1.29 is 9.18 Å². The third-order valence-corrected chi connectivity index (χ3v) is 4.14. The van der Waals surface area contributed by atoms with Gasteiger partial charge in [0.25, 0.3) is 0 Å². The van der Waals surface area contributed by atoms with Crippen molar-refractivity contribution in [1.29, 1.82) is 0 Å². The van der Waals surface area contributed by atoms with E-state index in [-0.39, 0.29) is 11.7 Å². The molecule has 1 aliphatic rings. The van der Waals surface area contributed by atoms with Crippen molar-refractivity contribution in [2.45, 2.75) is 19.3 Å². The minimum Gasteiger partial charge on any atom is -0.284 e. The monoisotopic (exact) mass is 279 g/mol. The molecule has 4 rings (SSSR count). The summed E-state index contributed by atoms with van der Waals surface area (Å²) < 4.78 is 15.5. The molecular formula is C18H14FNO. The largest absolute Gasteiger partial charge is 0.284 e. The lowest BCUT2D eigenvalue weighted by Crippen LogP contribution is -2.18. The van der Waals surface area contributed by atoms with Gasteiger partial charge in [0.05, 0.1) is 5.52 Å². The number of halogens is 1. The number of fused-ring (bicyclic) bond motifs is 3. The fourth-order valence-electron chi connectivity index (χ4n) is 3.28. The Morgan fingerprint density at radius 2 is 1.81 bits per heavy atom. The van der Waals surface area contributed by atoms with Crippen molar-refractivity contribution in [2.75, 3.05) is 0 Å². The lowest BCUT2D eigenvalue weighted by atomic mass is 9.98. The first-order valence-corrected chi connectivity index (χ1v) is 7.17. The van der Waals surface area contributed by atoms with Crippen LogP contribution in [0.5, 0.6) is 0 Å². The summed E-state index contributed by atoms with van der Waals surface area (Å²) in [5.74, 6) is -0.162. The molecule has 2 aromatic carbocycles. The van der Waals surface area contributed by atoms with Crippen LogP contribution in [0.3, 0.4) is 0 Å². The Morgan fingerprint density at radius 1 is 1.00 bits per heavy atom. The van der Waals surface area contributed by atoms with Gasteiger partial charge in [0.1, 0.15) is 5.82 Å². The molecule has 21 heavy (non-hydrogen) atoms. The molecule has 0 atom stereocenters. The standard InChI is InChI=1S/C18H14FNO/c19-13-9-10-15-14(11-13)18(12-5-2-1-3-6-12)16-7-4-8-17(21)20(15)16/h1-3,5-6,9-11H,4,7-8H2. The van der Waals surface area contributed by atoms with E-state index in [1.807, 2.05) is 30.3 Å². The normalized spacial score (nSPS) is 14.4. The Hall–Kier alpha value is -2.42. The molecule has 2 nitrogen and oxygen atoms in total. The Kier molecular flexibility index (Phi) is 2.67. The number of carbonyl (C=O) groups is 1. The Balaban J connectivity index is 2.14. The van der Waals surface area contributed by atoms with Crippen LogP contribution in [0.4, 0.5) is 4.39 Å². The van der Waals surface area contributed by atoms with E-state index in [1.165, 1.54) is 12.1 Å². The van der Waals surface area contributed by atoms with Gasteiger partial charge in [0, 0.05) is 23.1 Å². The number of aromatic nitrogens is 1. The number of benzene rings is 2. The number of carbonyl (C=O) groups excluding carboxylic acids is 1. The highest BCUT2D eigenvalue weighted by Crippen LogP contribution is 2.38. The zero-order chi connectivity index (χ0) is 14.4. The first kappa shape index (κ1) is 12.3. The summed E-state index contributed by atoms with van der Waals surface area (Å²) in [7, 11) is 0.